The molecule has 0 spiro atoms. The molecule has 0 saturated heterocycles. The van der Waals surface area contributed by atoms with Gasteiger partial charge in [0.2, 0.25) is 0 Å². The molecule has 19 heavy (non-hydrogen) atoms. The maximum Gasteiger partial charge on any atom is 0.129 e. The molecular weight excluding hydrogens is 329 g/mol. The van der Waals surface area contributed by atoms with Gasteiger partial charge in [-0.3, -0.25) is 0 Å². The summed E-state index contributed by atoms with van der Waals surface area (Å²) >= 11 is 9.31. The molecule has 0 amide bonds. The SMILES string of the molecule is CNC(CC(C)C(C)(C)C)c1cc(Cl)c(Br)cc1F. The molecule has 2 atom stereocenters. The minimum absolute atomic E-state index is 0.0279. The Kier molecular flexibility index (Phi) is 5.84. The number of hydrogen-bond donors (Lipinski definition) is 1. The summed E-state index contributed by atoms with van der Waals surface area (Å²) in [5.41, 5.74) is 0.830. The normalized spacial score (nSPS) is 15.4. The van der Waals surface area contributed by atoms with Gasteiger partial charge in [0.25, 0.3) is 0 Å². The van der Waals surface area contributed by atoms with Gasteiger partial charge < -0.3 is 5.32 Å². The lowest BCUT2D eigenvalue weighted by atomic mass is 9.77. The third-order valence-corrected chi connectivity index (χ3v) is 5.03. The minimum atomic E-state index is -0.225. The van der Waals surface area contributed by atoms with Gasteiger partial charge in [0.1, 0.15) is 5.82 Å². The van der Waals surface area contributed by atoms with Crippen molar-refractivity contribution in [3.8, 4) is 0 Å². The van der Waals surface area contributed by atoms with E-state index in [2.05, 4.69) is 48.9 Å². The van der Waals surface area contributed by atoms with Crippen molar-refractivity contribution in [2.45, 2.75) is 40.2 Å². The molecule has 0 aliphatic carbocycles. The second-order valence-electron chi connectivity index (χ2n) is 6.13. The Balaban J connectivity index is 3.01. The first kappa shape index (κ1) is 16.9. The van der Waals surface area contributed by atoms with Crippen molar-refractivity contribution in [3.05, 3.63) is 33.0 Å². The Bertz CT molecular complexity index is 443. The fraction of sp³-hybridized carbons (Fsp3) is 0.600. The van der Waals surface area contributed by atoms with Crippen LogP contribution in [0, 0.1) is 17.2 Å². The van der Waals surface area contributed by atoms with Gasteiger partial charge in [-0.05, 0) is 52.9 Å². The van der Waals surface area contributed by atoms with Gasteiger partial charge in [0, 0.05) is 16.1 Å². The van der Waals surface area contributed by atoms with Crippen LogP contribution in [0.2, 0.25) is 5.02 Å². The smallest absolute Gasteiger partial charge is 0.129 e. The highest BCUT2D eigenvalue weighted by Gasteiger charge is 2.25. The van der Waals surface area contributed by atoms with Crippen LogP contribution in [-0.2, 0) is 0 Å². The van der Waals surface area contributed by atoms with Crippen molar-refractivity contribution < 1.29 is 4.39 Å². The van der Waals surface area contributed by atoms with E-state index in [9.17, 15) is 4.39 Å². The van der Waals surface area contributed by atoms with Crippen LogP contribution in [0.15, 0.2) is 16.6 Å². The molecule has 4 heteroatoms. The molecule has 1 rings (SSSR count). The van der Waals surface area contributed by atoms with Crippen LogP contribution < -0.4 is 5.32 Å². The minimum Gasteiger partial charge on any atom is -0.313 e. The number of rotatable bonds is 4. The summed E-state index contributed by atoms with van der Waals surface area (Å²) in [7, 11) is 1.86. The fourth-order valence-corrected chi connectivity index (χ4v) is 2.40. The van der Waals surface area contributed by atoms with Gasteiger partial charge in [-0.2, -0.15) is 0 Å². The van der Waals surface area contributed by atoms with Gasteiger partial charge in [-0.25, -0.2) is 4.39 Å². The van der Waals surface area contributed by atoms with E-state index in [1.165, 1.54) is 6.07 Å². The molecule has 0 radical (unpaired) electrons. The van der Waals surface area contributed by atoms with E-state index in [-0.39, 0.29) is 17.3 Å². The molecule has 0 heterocycles. The third kappa shape index (κ3) is 4.44. The number of nitrogens with one attached hydrogen (secondary N) is 1. The first-order chi connectivity index (χ1) is 8.66. The van der Waals surface area contributed by atoms with Crippen molar-refractivity contribution in [2.75, 3.05) is 7.05 Å². The van der Waals surface area contributed by atoms with E-state index in [1.54, 1.807) is 6.07 Å². The van der Waals surface area contributed by atoms with Crippen LogP contribution >= 0.6 is 27.5 Å². The summed E-state index contributed by atoms with van der Waals surface area (Å²) < 4.78 is 14.7. The van der Waals surface area contributed by atoms with Crippen LogP contribution in [0.5, 0.6) is 0 Å². The van der Waals surface area contributed by atoms with Crippen molar-refractivity contribution >= 4 is 27.5 Å². The predicted molar refractivity (Wildman–Crippen MR) is 84.1 cm³/mol. The van der Waals surface area contributed by atoms with Gasteiger partial charge in [0.05, 0.1) is 5.02 Å². The molecule has 2 unspecified atom stereocenters. The van der Waals surface area contributed by atoms with Crippen LogP contribution in [0.4, 0.5) is 4.39 Å². The number of benzene rings is 1. The van der Waals surface area contributed by atoms with E-state index in [1.807, 2.05) is 7.05 Å². The first-order valence-corrected chi connectivity index (χ1v) is 7.65. The Labute approximate surface area is 129 Å². The fourth-order valence-electron chi connectivity index (χ4n) is 1.91. The van der Waals surface area contributed by atoms with Crippen LogP contribution in [-0.4, -0.2) is 7.05 Å². The van der Waals surface area contributed by atoms with Gasteiger partial charge in [-0.1, -0.05) is 39.3 Å². The molecule has 0 bridgehead atoms. The van der Waals surface area contributed by atoms with Crippen LogP contribution in [0.3, 0.4) is 0 Å². The topological polar surface area (TPSA) is 12.0 Å². The number of halogens is 3. The lowest BCUT2D eigenvalue weighted by molar-refractivity contribution is 0.224. The van der Waals surface area contributed by atoms with Crippen LogP contribution in [0.25, 0.3) is 0 Å². The maximum absolute atomic E-state index is 14.1. The molecule has 1 nitrogen and oxygen atoms in total. The second-order valence-corrected chi connectivity index (χ2v) is 7.39. The highest BCUT2D eigenvalue weighted by molar-refractivity contribution is 9.10. The molecule has 1 aromatic carbocycles. The van der Waals surface area contributed by atoms with Crippen molar-refractivity contribution in [1.29, 1.82) is 0 Å². The molecule has 108 valence electrons. The zero-order valence-electron chi connectivity index (χ0n) is 12.2. The Hall–Kier alpha value is -0.120. The zero-order chi connectivity index (χ0) is 14.8. The van der Waals surface area contributed by atoms with Crippen LogP contribution in [0.1, 0.15) is 45.7 Å². The first-order valence-electron chi connectivity index (χ1n) is 6.48. The molecule has 1 N–H and O–H groups in total. The predicted octanol–water partition coefficient (Wildman–Crippen LogP) is 5.57. The zero-order valence-corrected chi connectivity index (χ0v) is 14.5. The average Bonchev–Trinajstić information content (AvgIpc) is 2.29. The van der Waals surface area contributed by atoms with Gasteiger partial charge >= 0.3 is 0 Å². The molecule has 0 aliphatic rings. The Morgan fingerprint density at radius 2 is 1.95 bits per heavy atom. The van der Waals surface area contributed by atoms with Crippen molar-refractivity contribution in [2.24, 2.45) is 11.3 Å². The summed E-state index contributed by atoms with van der Waals surface area (Å²) in [6, 6.07) is 3.11. The standard InChI is InChI=1S/C15H22BrClFN/c1-9(15(2,3)4)6-14(19-5)10-7-12(17)11(16)8-13(10)18/h7-9,14,19H,6H2,1-5H3. The highest BCUT2D eigenvalue weighted by Crippen LogP contribution is 2.35. The lowest BCUT2D eigenvalue weighted by Crippen LogP contribution is -2.26. The van der Waals surface area contributed by atoms with E-state index < -0.39 is 0 Å². The third-order valence-electron chi connectivity index (χ3n) is 3.83. The summed E-state index contributed by atoms with van der Waals surface area (Å²) in [6.45, 7) is 8.81. The average molecular weight is 351 g/mol. The van der Waals surface area contributed by atoms with E-state index >= 15 is 0 Å². The number of hydrogen-bond acceptors (Lipinski definition) is 1. The molecular formula is C15H22BrClFN. The monoisotopic (exact) mass is 349 g/mol. The molecule has 0 saturated carbocycles. The highest BCUT2D eigenvalue weighted by atomic mass is 79.9. The Morgan fingerprint density at radius 1 is 1.37 bits per heavy atom. The van der Waals surface area contributed by atoms with Crippen molar-refractivity contribution in [3.63, 3.8) is 0 Å². The van der Waals surface area contributed by atoms with Gasteiger partial charge in [-0.15, -0.1) is 0 Å². The quantitative estimate of drug-likeness (QED) is 0.699. The largest absolute Gasteiger partial charge is 0.313 e. The summed E-state index contributed by atoms with van der Waals surface area (Å²) in [4.78, 5) is 0. The molecule has 1 aromatic rings. The molecule has 0 fully saturated rings. The summed E-state index contributed by atoms with van der Waals surface area (Å²) in [6.07, 6.45) is 0.870. The summed E-state index contributed by atoms with van der Waals surface area (Å²) in [5, 5.41) is 3.74. The van der Waals surface area contributed by atoms with E-state index in [4.69, 9.17) is 11.6 Å². The lowest BCUT2D eigenvalue weighted by Gasteiger charge is -2.31. The maximum atomic E-state index is 14.1. The van der Waals surface area contributed by atoms with E-state index in [0.29, 0.717) is 21.0 Å². The molecule has 0 aliphatic heterocycles. The second kappa shape index (κ2) is 6.55. The Morgan fingerprint density at radius 3 is 2.42 bits per heavy atom. The molecule has 0 aromatic heterocycles. The summed E-state index contributed by atoms with van der Waals surface area (Å²) in [5.74, 6) is 0.239. The van der Waals surface area contributed by atoms with Gasteiger partial charge in [0.15, 0.2) is 0 Å². The van der Waals surface area contributed by atoms with Crippen molar-refractivity contribution in [1.82, 2.24) is 5.32 Å². The van der Waals surface area contributed by atoms with E-state index in [0.717, 1.165) is 6.42 Å².